The third kappa shape index (κ3) is 6.17. The number of rotatable bonds is 8. The zero-order valence-corrected chi connectivity index (χ0v) is 22.5. The number of ether oxygens (including phenoxy) is 3. The van der Waals surface area contributed by atoms with Crippen LogP contribution in [0.2, 0.25) is 0 Å². The molecule has 0 aliphatic heterocycles. The molecule has 2 amide bonds. The fraction of sp³-hybridized carbons (Fsp3) is 0.231. The molecule has 0 atom stereocenters. The molecule has 1 aliphatic rings. The number of fused-ring (bicyclic) bond motifs is 1. The molecule has 4 rings (SSSR count). The van der Waals surface area contributed by atoms with Crippen LogP contribution < -0.4 is 20.2 Å². The average molecular weight is 586 g/mol. The Balaban J connectivity index is 1.39. The highest BCUT2D eigenvalue weighted by Gasteiger charge is 2.29. The lowest BCUT2D eigenvalue weighted by Gasteiger charge is -2.13. The summed E-state index contributed by atoms with van der Waals surface area (Å²) in [6, 6.07) is 13.2. The van der Waals surface area contributed by atoms with Gasteiger partial charge < -0.3 is 19.5 Å². The number of nitrogens with one attached hydrogen (secondary N) is 2. The molecule has 1 aromatic heterocycles. The number of carbonyl (C=O) groups excluding carboxylic acids is 3. The first kappa shape index (κ1) is 26.4. The van der Waals surface area contributed by atoms with Gasteiger partial charge in [-0.3, -0.25) is 9.59 Å². The zero-order valence-electron chi connectivity index (χ0n) is 20.1. The molecule has 11 heteroatoms. The van der Waals surface area contributed by atoms with Gasteiger partial charge in [0.1, 0.15) is 11.6 Å². The number of hydrogen-bond donors (Lipinski definition) is 2. The molecule has 0 bridgehead atoms. The Bertz CT molecular complexity index is 1360. The van der Waals surface area contributed by atoms with Gasteiger partial charge >= 0.3 is 17.8 Å². The summed E-state index contributed by atoms with van der Waals surface area (Å²) in [5, 5.41) is 6.70. The Labute approximate surface area is 225 Å². The van der Waals surface area contributed by atoms with Crippen LogP contribution in [0, 0.1) is 0 Å². The van der Waals surface area contributed by atoms with Crippen LogP contribution in [0.1, 0.15) is 38.3 Å². The van der Waals surface area contributed by atoms with Gasteiger partial charge in [-0.1, -0.05) is 30.3 Å². The van der Waals surface area contributed by atoms with Crippen LogP contribution in [0.4, 0.5) is 5.00 Å². The summed E-state index contributed by atoms with van der Waals surface area (Å²) in [5.41, 5.74) is 5.00. The lowest BCUT2D eigenvalue weighted by molar-refractivity contribution is -0.136. The monoisotopic (exact) mass is 585 g/mol. The van der Waals surface area contributed by atoms with Crippen LogP contribution >= 0.6 is 27.3 Å². The first-order chi connectivity index (χ1) is 17.9. The molecule has 0 radical (unpaired) electrons. The van der Waals surface area contributed by atoms with Crippen LogP contribution in [-0.4, -0.2) is 38.2 Å². The average Bonchev–Trinajstić information content (AvgIpc) is 3.48. The number of hydrogen-bond acceptors (Lipinski definition) is 8. The number of thiophene rings is 1. The van der Waals surface area contributed by atoms with E-state index in [1.54, 1.807) is 12.1 Å². The Morgan fingerprint density at radius 2 is 1.89 bits per heavy atom. The first-order valence-electron chi connectivity index (χ1n) is 11.3. The molecule has 3 aromatic rings. The zero-order chi connectivity index (χ0) is 26.4. The van der Waals surface area contributed by atoms with Crippen molar-refractivity contribution in [1.29, 1.82) is 0 Å². The number of methoxy groups -OCH3 is 2. The molecule has 2 N–H and O–H groups in total. The van der Waals surface area contributed by atoms with Gasteiger partial charge in [0.25, 0.3) is 0 Å². The van der Waals surface area contributed by atoms with Crippen molar-refractivity contribution in [2.24, 2.45) is 5.10 Å². The van der Waals surface area contributed by atoms with E-state index >= 15 is 0 Å². The van der Waals surface area contributed by atoms with E-state index in [4.69, 9.17) is 14.2 Å². The van der Waals surface area contributed by atoms with Crippen LogP contribution in [0.3, 0.4) is 0 Å². The summed E-state index contributed by atoms with van der Waals surface area (Å²) >= 11 is 4.77. The topological polar surface area (TPSA) is 115 Å². The van der Waals surface area contributed by atoms with Crippen LogP contribution in [-0.2, 0) is 33.8 Å². The summed E-state index contributed by atoms with van der Waals surface area (Å²) in [6.07, 6.45) is 3.87. The number of benzene rings is 2. The number of esters is 1. The molecule has 0 spiro atoms. The highest BCUT2D eigenvalue weighted by atomic mass is 79.9. The smallest absolute Gasteiger partial charge is 0.341 e. The molecule has 0 unspecified atom stereocenters. The predicted octanol–water partition coefficient (Wildman–Crippen LogP) is 4.46. The normalized spacial score (nSPS) is 12.2. The third-order valence-corrected chi connectivity index (χ3v) is 7.40. The van der Waals surface area contributed by atoms with Crippen molar-refractivity contribution in [2.75, 3.05) is 19.5 Å². The number of amides is 2. The highest BCUT2D eigenvalue weighted by molar-refractivity contribution is 9.10. The van der Waals surface area contributed by atoms with Gasteiger partial charge in [-0.25, -0.2) is 10.2 Å². The van der Waals surface area contributed by atoms with E-state index in [-0.39, 0.29) is 0 Å². The van der Waals surface area contributed by atoms with Crippen LogP contribution in [0.15, 0.2) is 52.0 Å². The van der Waals surface area contributed by atoms with Gasteiger partial charge in [0, 0.05) is 4.88 Å². The molecule has 9 nitrogen and oxygen atoms in total. The number of nitrogens with zero attached hydrogens (tertiary/aromatic N) is 1. The van der Waals surface area contributed by atoms with E-state index < -0.39 is 17.8 Å². The molecule has 2 aromatic carbocycles. The van der Waals surface area contributed by atoms with Crippen LogP contribution in [0.25, 0.3) is 0 Å². The second-order valence-electron chi connectivity index (χ2n) is 8.01. The number of hydrazone groups is 1. The van der Waals surface area contributed by atoms with Crippen molar-refractivity contribution in [1.82, 2.24) is 5.43 Å². The maximum atomic E-state index is 12.4. The number of halogens is 1. The van der Waals surface area contributed by atoms with Crippen molar-refractivity contribution in [3.05, 3.63) is 74.1 Å². The van der Waals surface area contributed by atoms with E-state index in [0.29, 0.717) is 38.7 Å². The number of aryl methyl sites for hydroxylation is 1. The molecule has 0 saturated heterocycles. The summed E-state index contributed by atoms with van der Waals surface area (Å²) in [4.78, 5) is 38.0. The standard InChI is InChI=1S/C26H24BrN3O6S/c1-34-19-12-16(11-18(27)22(19)36-14-15-7-4-3-5-8-15)13-28-30-24(32)23(31)29-25-21(26(33)35-2)17-9-6-10-20(17)37-25/h3-5,7-8,11-13H,6,9-10,14H2,1-2H3,(H,29,31)(H,30,32). The Morgan fingerprint density at radius 1 is 1.11 bits per heavy atom. The summed E-state index contributed by atoms with van der Waals surface area (Å²) in [5.74, 6) is -1.46. The Kier molecular flexibility index (Phi) is 8.57. The Morgan fingerprint density at radius 3 is 2.62 bits per heavy atom. The van der Waals surface area contributed by atoms with E-state index in [9.17, 15) is 14.4 Å². The van der Waals surface area contributed by atoms with Crippen molar-refractivity contribution in [3.8, 4) is 11.5 Å². The molecule has 1 heterocycles. The summed E-state index contributed by atoms with van der Waals surface area (Å²) < 4.78 is 16.9. The van der Waals surface area contributed by atoms with Gasteiger partial charge in [-0.2, -0.15) is 5.10 Å². The summed E-state index contributed by atoms with van der Waals surface area (Å²) in [7, 11) is 2.80. The highest BCUT2D eigenvalue weighted by Crippen LogP contribution is 2.39. The van der Waals surface area contributed by atoms with Gasteiger partial charge in [0.15, 0.2) is 11.5 Å². The fourth-order valence-corrected chi connectivity index (χ4v) is 5.72. The lowest BCUT2D eigenvalue weighted by Crippen LogP contribution is -2.32. The van der Waals surface area contributed by atoms with Crippen molar-refractivity contribution in [3.63, 3.8) is 0 Å². The van der Waals surface area contributed by atoms with Crippen molar-refractivity contribution in [2.45, 2.75) is 25.9 Å². The SMILES string of the molecule is COC(=O)c1c(NC(=O)C(=O)NN=Cc2cc(Br)c(OCc3ccccc3)c(OC)c2)sc2c1CCC2. The third-order valence-electron chi connectivity index (χ3n) is 5.60. The lowest BCUT2D eigenvalue weighted by atomic mass is 10.1. The minimum Gasteiger partial charge on any atom is -0.493 e. The maximum Gasteiger partial charge on any atom is 0.341 e. The first-order valence-corrected chi connectivity index (χ1v) is 12.9. The van der Waals surface area contributed by atoms with E-state index in [0.717, 1.165) is 35.3 Å². The molecule has 1 aliphatic carbocycles. The Hall–Kier alpha value is -3.70. The largest absolute Gasteiger partial charge is 0.493 e. The molecule has 0 fully saturated rings. The van der Waals surface area contributed by atoms with Gasteiger partial charge in [-0.15, -0.1) is 11.3 Å². The fourth-order valence-electron chi connectivity index (χ4n) is 3.87. The van der Waals surface area contributed by atoms with Crippen LogP contribution in [0.5, 0.6) is 11.5 Å². The maximum absolute atomic E-state index is 12.4. The number of anilines is 1. The van der Waals surface area contributed by atoms with Gasteiger partial charge in [0.2, 0.25) is 0 Å². The quantitative estimate of drug-likeness (QED) is 0.174. The molecule has 37 heavy (non-hydrogen) atoms. The van der Waals surface area contributed by atoms with E-state index in [2.05, 4.69) is 31.8 Å². The van der Waals surface area contributed by atoms with Gasteiger partial charge in [-0.05, 0) is 64.0 Å². The van der Waals surface area contributed by atoms with Crippen molar-refractivity contribution < 1.29 is 28.6 Å². The minimum absolute atomic E-state index is 0.306. The molecule has 0 saturated carbocycles. The van der Waals surface area contributed by atoms with E-state index in [1.807, 2.05) is 30.3 Å². The molecular weight excluding hydrogens is 562 g/mol. The van der Waals surface area contributed by atoms with E-state index in [1.165, 1.54) is 31.8 Å². The molecule has 192 valence electrons. The second kappa shape index (κ2) is 12.0. The second-order valence-corrected chi connectivity index (χ2v) is 9.97. The number of carbonyl (C=O) groups is 3. The predicted molar refractivity (Wildman–Crippen MR) is 144 cm³/mol. The minimum atomic E-state index is -0.977. The molecular formula is C26H24BrN3O6S. The van der Waals surface area contributed by atoms with Crippen molar-refractivity contribution >= 4 is 56.3 Å². The summed E-state index contributed by atoms with van der Waals surface area (Å²) in [6.45, 7) is 0.360. The van der Waals surface area contributed by atoms with Gasteiger partial charge in [0.05, 0.1) is 30.5 Å².